The second-order valence-electron chi connectivity index (χ2n) is 8.51. The first-order chi connectivity index (χ1) is 15.5. The fraction of sp³-hybridized carbons (Fsp3) is 0.462. The van der Waals surface area contributed by atoms with Crippen molar-refractivity contribution in [3.63, 3.8) is 0 Å². The lowest BCUT2D eigenvalue weighted by Gasteiger charge is -2.33. The summed E-state index contributed by atoms with van der Waals surface area (Å²) in [5, 5.41) is 3.80. The van der Waals surface area contributed by atoms with Crippen LogP contribution in [0.15, 0.2) is 48.5 Å². The van der Waals surface area contributed by atoms with Crippen molar-refractivity contribution >= 4 is 23.4 Å². The smallest absolute Gasteiger partial charge is 0.243 e. The van der Waals surface area contributed by atoms with Gasteiger partial charge in [-0.3, -0.25) is 9.59 Å². The number of nitrogens with zero attached hydrogens (tertiary/aromatic N) is 1. The van der Waals surface area contributed by atoms with E-state index in [1.54, 1.807) is 17.0 Å². The van der Waals surface area contributed by atoms with Gasteiger partial charge in [-0.25, -0.2) is 4.39 Å². The van der Waals surface area contributed by atoms with Gasteiger partial charge in [0.05, 0.1) is 0 Å². The first-order valence-electron chi connectivity index (χ1n) is 11.6. The molecule has 0 spiro atoms. The number of benzene rings is 2. The van der Waals surface area contributed by atoms with Crippen LogP contribution in [0.25, 0.3) is 0 Å². The van der Waals surface area contributed by atoms with Crippen LogP contribution in [0.1, 0.15) is 63.0 Å². The number of amides is 2. The average molecular weight is 459 g/mol. The zero-order valence-electron chi connectivity index (χ0n) is 18.7. The number of rotatable bonds is 9. The molecule has 1 saturated carbocycles. The molecule has 1 atom stereocenters. The first-order valence-corrected chi connectivity index (χ1v) is 11.9. The van der Waals surface area contributed by atoms with E-state index in [1.807, 2.05) is 31.2 Å². The Morgan fingerprint density at radius 1 is 1.09 bits per heavy atom. The molecule has 2 amide bonds. The maximum absolute atomic E-state index is 13.4. The summed E-state index contributed by atoms with van der Waals surface area (Å²) >= 11 is 6.26. The van der Waals surface area contributed by atoms with E-state index in [4.69, 9.17) is 11.6 Å². The Balaban J connectivity index is 1.75. The third-order valence-electron chi connectivity index (χ3n) is 6.17. The van der Waals surface area contributed by atoms with Gasteiger partial charge in [0.2, 0.25) is 11.8 Å². The molecule has 1 aliphatic rings. The molecule has 2 aromatic carbocycles. The predicted molar refractivity (Wildman–Crippen MR) is 126 cm³/mol. The molecule has 0 heterocycles. The SMILES string of the molecule is CCC(C(=O)NC1CCCCC1)N(Cc1ccc(F)cc1)C(=O)CCc1ccccc1Cl. The van der Waals surface area contributed by atoms with Gasteiger partial charge < -0.3 is 10.2 Å². The minimum Gasteiger partial charge on any atom is -0.352 e. The van der Waals surface area contributed by atoms with Crippen molar-refractivity contribution in [1.82, 2.24) is 10.2 Å². The third-order valence-corrected chi connectivity index (χ3v) is 6.54. The average Bonchev–Trinajstić information content (AvgIpc) is 2.80. The topological polar surface area (TPSA) is 49.4 Å². The number of carbonyl (C=O) groups is 2. The lowest BCUT2D eigenvalue weighted by Crippen LogP contribution is -2.51. The Hall–Kier alpha value is -2.40. The van der Waals surface area contributed by atoms with E-state index in [0.29, 0.717) is 17.9 Å². The number of halogens is 2. The van der Waals surface area contributed by atoms with E-state index < -0.39 is 6.04 Å². The number of hydrogen-bond donors (Lipinski definition) is 1. The van der Waals surface area contributed by atoms with Gasteiger partial charge >= 0.3 is 0 Å². The Bertz CT molecular complexity index is 897. The normalized spacial score (nSPS) is 15.2. The highest BCUT2D eigenvalue weighted by atomic mass is 35.5. The van der Waals surface area contributed by atoms with Gasteiger partial charge in [-0.15, -0.1) is 0 Å². The molecule has 4 nitrogen and oxygen atoms in total. The van der Waals surface area contributed by atoms with Crippen LogP contribution < -0.4 is 5.32 Å². The Morgan fingerprint density at radius 2 is 1.78 bits per heavy atom. The second kappa shape index (κ2) is 12.0. The summed E-state index contributed by atoms with van der Waals surface area (Å²) in [6.45, 7) is 2.18. The van der Waals surface area contributed by atoms with Crippen molar-refractivity contribution in [3.8, 4) is 0 Å². The highest BCUT2D eigenvalue weighted by Gasteiger charge is 2.30. The zero-order valence-corrected chi connectivity index (χ0v) is 19.4. The van der Waals surface area contributed by atoms with Crippen molar-refractivity contribution < 1.29 is 14.0 Å². The molecule has 1 unspecified atom stereocenters. The summed E-state index contributed by atoms with van der Waals surface area (Å²) in [4.78, 5) is 28.1. The van der Waals surface area contributed by atoms with E-state index in [9.17, 15) is 14.0 Å². The maximum Gasteiger partial charge on any atom is 0.243 e. The zero-order chi connectivity index (χ0) is 22.9. The molecule has 0 saturated heterocycles. The molecule has 3 rings (SSSR count). The summed E-state index contributed by atoms with van der Waals surface area (Å²) in [5.74, 6) is -0.542. The molecule has 1 aliphatic carbocycles. The summed E-state index contributed by atoms with van der Waals surface area (Å²) in [7, 11) is 0. The van der Waals surface area contributed by atoms with Crippen molar-refractivity contribution in [3.05, 3.63) is 70.5 Å². The van der Waals surface area contributed by atoms with Gasteiger partial charge in [0.25, 0.3) is 0 Å². The fourth-order valence-corrected chi connectivity index (χ4v) is 4.57. The van der Waals surface area contributed by atoms with E-state index in [2.05, 4.69) is 5.32 Å². The Labute approximate surface area is 195 Å². The van der Waals surface area contributed by atoms with Crippen LogP contribution in [-0.2, 0) is 22.6 Å². The summed E-state index contributed by atoms with van der Waals surface area (Å²) in [5.41, 5.74) is 1.70. The van der Waals surface area contributed by atoms with Crippen LogP contribution in [0.4, 0.5) is 4.39 Å². The third kappa shape index (κ3) is 6.80. The Morgan fingerprint density at radius 3 is 2.44 bits per heavy atom. The van der Waals surface area contributed by atoms with Crippen LogP contribution in [0, 0.1) is 5.82 Å². The monoisotopic (exact) mass is 458 g/mol. The van der Waals surface area contributed by atoms with Gasteiger partial charge in [-0.05, 0) is 55.0 Å². The highest BCUT2D eigenvalue weighted by molar-refractivity contribution is 6.31. The summed E-state index contributed by atoms with van der Waals surface area (Å²) < 4.78 is 13.4. The van der Waals surface area contributed by atoms with Gasteiger partial charge in [0.15, 0.2) is 0 Å². The molecule has 0 aromatic heterocycles. The quantitative estimate of drug-likeness (QED) is 0.526. The maximum atomic E-state index is 13.4. The van der Waals surface area contributed by atoms with Crippen molar-refractivity contribution in [2.75, 3.05) is 0 Å². The first kappa shape index (κ1) is 24.2. The van der Waals surface area contributed by atoms with Crippen molar-refractivity contribution in [2.45, 2.75) is 76.9 Å². The summed E-state index contributed by atoms with van der Waals surface area (Å²) in [6.07, 6.45) is 6.69. The summed E-state index contributed by atoms with van der Waals surface area (Å²) in [6, 6.07) is 13.2. The number of aryl methyl sites for hydroxylation is 1. The highest BCUT2D eigenvalue weighted by Crippen LogP contribution is 2.21. The molecule has 0 aliphatic heterocycles. The van der Waals surface area contributed by atoms with Gasteiger partial charge in [-0.1, -0.05) is 68.1 Å². The van der Waals surface area contributed by atoms with Crippen LogP contribution >= 0.6 is 11.6 Å². The van der Waals surface area contributed by atoms with E-state index >= 15 is 0 Å². The van der Waals surface area contributed by atoms with E-state index in [1.165, 1.54) is 18.6 Å². The van der Waals surface area contributed by atoms with Crippen LogP contribution in [0.3, 0.4) is 0 Å². The number of nitrogens with one attached hydrogen (secondary N) is 1. The van der Waals surface area contributed by atoms with Gasteiger partial charge in [0, 0.05) is 24.0 Å². The van der Waals surface area contributed by atoms with E-state index in [0.717, 1.165) is 36.8 Å². The van der Waals surface area contributed by atoms with Gasteiger partial charge in [0.1, 0.15) is 11.9 Å². The second-order valence-corrected chi connectivity index (χ2v) is 8.91. The molecule has 6 heteroatoms. The molecule has 32 heavy (non-hydrogen) atoms. The van der Waals surface area contributed by atoms with E-state index in [-0.39, 0.29) is 36.6 Å². The fourth-order valence-electron chi connectivity index (χ4n) is 4.34. The van der Waals surface area contributed by atoms with Crippen molar-refractivity contribution in [2.24, 2.45) is 0 Å². The van der Waals surface area contributed by atoms with Crippen LogP contribution in [0.5, 0.6) is 0 Å². The number of hydrogen-bond acceptors (Lipinski definition) is 2. The lowest BCUT2D eigenvalue weighted by atomic mass is 9.95. The minimum atomic E-state index is -0.569. The predicted octanol–water partition coefficient (Wildman–Crippen LogP) is 5.67. The number of carbonyl (C=O) groups excluding carboxylic acids is 2. The lowest BCUT2D eigenvalue weighted by molar-refractivity contribution is -0.141. The van der Waals surface area contributed by atoms with Crippen molar-refractivity contribution in [1.29, 1.82) is 0 Å². The van der Waals surface area contributed by atoms with Gasteiger partial charge in [-0.2, -0.15) is 0 Å². The standard InChI is InChI=1S/C26H32ClFN2O2/c1-2-24(26(32)29-22-9-4-3-5-10-22)30(18-19-12-15-21(28)16-13-19)25(31)17-14-20-8-6-7-11-23(20)27/h6-8,11-13,15-16,22,24H,2-5,9-10,14,17-18H2,1H3,(H,29,32). The molecule has 1 N–H and O–H groups in total. The Kier molecular flexibility index (Phi) is 9.10. The molecule has 0 bridgehead atoms. The largest absolute Gasteiger partial charge is 0.352 e. The minimum absolute atomic E-state index is 0.104. The van der Waals surface area contributed by atoms with Crippen LogP contribution in [-0.4, -0.2) is 28.8 Å². The molecular formula is C26H32ClFN2O2. The molecule has 1 fully saturated rings. The van der Waals surface area contributed by atoms with Crippen LogP contribution in [0.2, 0.25) is 5.02 Å². The molecule has 2 aromatic rings. The molecule has 0 radical (unpaired) electrons. The molecule has 172 valence electrons. The molecular weight excluding hydrogens is 427 g/mol.